The third kappa shape index (κ3) is 8.93. The highest BCUT2D eigenvalue weighted by molar-refractivity contribution is 5.98. The predicted molar refractivity (Wildman–Crippen MR) is 90.7 cm³/mol. The van der Waals surface area contributed by atoms with E-state index in [9.17, 15) is 19.2 Å². The van der Waals surface area contributed by atoms with Crippen molar-refractivity contribution in [2.45, 2.75) is 25.7 Å². The molecule has 9 nitrogen and oxygen atoms in total. The number of ether oxygens (including phenoxy) is 3. The van der Waals surface area contributed by atoms with E-state index >= 15 is 0 Å². The first-order valence-corrected chi connectivity index (χ1v) is 8.37. The summed E-state index contributed by atoms with van der Waals surface area (Å²) < 4.78 is 14.1. The number of esters is 4. The van der Waals surface area contributed by atoms with Gasteiger partial charge in [0, 0.05) is 12.8 Å². The molecule has 0 heterocycles. The highest BCUT2D eigenvalue weighted by Crippen LogP contribution is 2.09. The number of carbonyl (C=O) groups excluding carboxylic acids is 4. The predicted octanol–water partition coefficient (Wildman–Crippen LogP) is 0.615. The van der Waals surface area contributed by atoms with Crippen molar-refractivity contribution in [2.24, 2.45) is 0 Å². The van der Waals surface area contributed by atoms with Gasteiger partial charge in [0.1, 0.15) is 13.2 Å². The van der Waals surface area contributed by atoms with Crippen LogP contribution in [0.5, 0.6) is 0 Å². The van der Waals surface area contributed by atoms with Crippen LogP contribution in [-0.4, -0.2) is 60.5 Å². The first-order chi connectivity index (χ1) is 13.0. The zero-order chi connectivity index (χ0) is 20.1. The summed E-state index contributed by atoms with van der Waals surface area (Å²) in [6.45, 7) is -0.725. The summed E-state index contributed by atoms with van der Waals surface area (Å²) in [6, 6.07) is 5.34. The second-order valence-corrected chi connectivity index (χ2v) is 5.35. The molecule has 0 amide bonds. The van der Waals surface area contributed by atoms with Crippen LogP contribution in [0.3, 0.4) is 0 Å². The minimum atomic E-state index is -0.849. The molecule has 1 aromatic carbocycles. The average Bonchev–Trinajstić information content (AvgIpc) is 2.67. The molecule has 0 fully saturated rings. The fraction of sp³-hybridized carbons (Fsp3) is 0.444. The lowest BCUT2D eigenvalue weighted by molar-refractivity contribution is -0.145. The van der Waals surface area contributed by atoms with Crippen molar-refractivity contribution < 1.29 is 43.6 Å². The van der Waals surface area contributed by atoms with Gasteiger partial charge in [-0.3, -0.25) is 9.59 Å². The lowest BCUT2D eigenvalue weighted by Gasteiger charge is -2.05. The normalized spacial score (nSPS) is 10.1. The molecule has 0 unspecified atom stereocenters. The maximum Gasteiger partial charge on any atom is 0.345 e. The minimum absolute atomic E-state index is 0.0371. The van der Waals surface area contributed by atoms with Crippen molar-refractivity contribution in [3.63, 3.8) is 0 Å². The number of hydrogen-bond acceptors (Lipinski definition) is 9. The van der Waals surface area contributed by atoms with E-state index in [0.29, 0.717) is 12.8 Å². The first kappa shape index (κ1) is 22.3. The summed E-state index contributed by atoms with van der Waals surface area (Å²) in [6.07, 6.45) is 0.799. The number of carbonyl (C=O) groups is 4. The molecule has 0 bridgehead atoms. The molecular weight excluding hydrogens is 360 g/mol. The second kappa shape index (κ2) is 12.6. The number of hydrogen-bond donors (Lipinski definition) is 2. The molecule has 0 aliphatic carbocycles. The van der Waals surface area contributed by atoms with Crippen LogP contribution in [0.25, 0.3) is 0 Å². The number of unbranched alkanes of at least 4 members (excludes halogenated alkanes) is 1. The molecule has 0 aromatic heterocycles. The largest absolute Gasteiger partial charge is 0.463 e. The number of aliphatic hydroxyl groups is 2. The van der Waals surface area contributed by atoms with Crippen molar-refractivity contribution in [1.29, 1.82) is 0 Å². The van der Waals surface area contributed by atoms with Crippen LogP contribution in [0.2, 0.25) is 0 Å². The summed E-state index contributed by atoms with van der Waals surface area (Å²) in [5.41, 5.74) is 0.286. The van der Waals surface area contributed by atoms with Gasteiger partial charge < -0.3 is 24.4 Å². The fourth-order valence-electron chi connectivity index (χ4n) is 1.95. The zero-order valence-corrected chi connectivity index (χ0v) is 14.7. The maximum absolute atomic E-state index is 11.9. The molecule has 0 aliphatic rings. The van der Waals surface area contributed by atoms with Crippen molar-refractivity contribution in [3.8, 4) is 0 Å². The molecule has 1 rings (SSSR count). The van der Waals surface area contributed by atoms with Crippen molar-refractivity contribution in [1.82, 2.24) is 0 Å². The highest BCUT2D eigenvalue weighted by Gasteiger charge is 2.14. The molecule has 0 saturated heterocycles. The SMILES string of the molecule is O=C(CCCCC(=O)OC(=O)c1ccc(C(=O)OCCO)cc1)OCCO. The summed E-state index contributed by atoms with van der Waals surface area (Å²) in [4.78, 5) is 46.3. The molecule has 0 radical (unpaired) electrons. The Morgan fingerprint density at radius 3 is 1.74 bits per heavy atom. The van der Waals surface area contributed by atoms with Crippen molar-refractivity contribution in [2.75, 3.05) is 26.4 Å². The Hall–Kier alpha value is -2.78. The van der Waals surface area contributed by atoms with Gasteiger partial charge in [0.05, 0.1) is 24.3 Å². The van der Waals surface area contributed by atoms with Gasteiger partial charge in [-0.05, 0) is 37.1 Å². The monoisotopic (exact) mass is 382 g/mol. The smallest absolute Gasteiger partial charge is 0.345 e. The van der Waals surface area contributed by atoms with E-state index in [2.05, 4.69) is 4.74 Å². The van der Waals surface area contributed by atoms with E-state index in [1.807, 2.05) is 0 Å². The van der Waals surface area contributed by atoms with Gasteiger partial charge in [-0.15, -0.1) is 0 Å². The summed E-state index contributed by atoms with van der Waals surface area (Å²) in [7, 11) is 0. The van der Waals surface area contributed by atoms with E-state index in [4.69, 9.17) is 19.7 Å². The molecule has 0 atom stereocenters. The Labute approximate surface area is 155 Å². The highest BCUT2D eigenvalue weighted by atomic mass is 16.6. The Bertz CT molecular complexity index is 637. The minimum Gasteiger partial charge on any atom is -0.463 e. The number of aliphatic hydroxyl groups excluding tert-OH is 2. The molecule has 0 spiro atoms. The van der Waals surface area contributed by atoms with Gasteiger partial charge in [-0.1, -0.05) is 0 Å². The number of rotatable bonds is 11. The van der Waals surface area contributed by atoms with Crippen LogP contribution in [0.15, 0.2) is 24.3 Å². The van der Waals surface area contributed by atoms with Gasteiger partial charge in [0.25, 0.3) is 0 Å². The van der Waals surface area contributed by atoms with Crippen LogP contribution >= 0.6 is 0 Å². The molecule has 27 heavy (non-hydrogen) atoms. The maximum atomic E-state index is 11.9. The standard InChI is InChI=1S/C18H22O9/c19-9-11-25-15(21)3-1-2-4-16(22)27-18(24)14-7-5-13(6-8-14)17(23)26-12-10-20/h5-8,19-20H,1-4,9-12H2. The van der Waals surface area contributed by atoms with E-state index in [-0.39, 0.29) is 50.4 Å². The molecule has 148 valence electrons. The van der Waals surface area contributed by atoms with Crippen LogP contribution in [0.4, 0.5) is 0 Å². The average molecular weight is 382 g/mol. The summed E-state index contributed by atoms with van der Waals surface area (Å²) >= 11 is 0. The van der Waals surface area contributed by atoms with Gasteiger partial charge in [0.2, 0.25) is 0 Å². The Kier molecular flexibility index (Phi) is 10.4. The van der Waals surface area contributed by atoms with E-state index in [0.717, 1.165) is 0 Å². The molecule has 0 aliphatic heterocycles. The van der Waals surface area contributed by atoms with Crippen molar-refractivity contribution in [3.05, 3.63) is 35.4 Å². The lowest BCUT2D eigenvalue weighted by Crippen LogP contribution is -2.13. The lowest BCUT2D eigenvalue weighted by atomic mass is 10.1. The Morgan fingerprint density at radius 2 is 1.19 bits per heavy atom. The van der Waals surface area contributed by atoms with Gasteiger partial charge >= 0.3 is 23.9 Å². The van der Waals surface area contributed by atoms with Crippen LogP contribution in [0, 0.1) is 0 Å². The fourth-order valence-corrected chi connectivity index (χ4v) is 1.95. The first-order valence-electron chi connectivity index (χ1n) is 8.37. The third-order valence-corrected chi connectivity index (χ3v) is 3.25. The Morgan fingerprint density at radius 1 is 0.704 bits per heavy atom. The number of benzene rings is 1. The molecule has 9 heteroatoms. The molecular formula is C18H22O9. The van der Waals surface area contributed by atoms with Crippen LogP contribution in [0.1, 0.15) is 46.4 Å². The molecule has 0 saturated carbocycles. The quantitative estimate of drug-likeness (QED) is 0.244. The van der Waals surface area contributed by atoms with Crippen molar-refractivity contribution >= 4 is 23.9 Å². The van der Waals surface area contributed by atoms with E-state index in [1.165, 1.54) is 24.3 Å². The van der Waals surface area contributed by atoms with Gasteiger partial charge in [0.15, 0.2) is 0 Å². The topological polar surface area (TPSA) is 136 Å². The summed E-state index contributed by atoms with van der Waals surface area (Å²) in [5.74, 6) is -2.68. The molecule has 2 N–H and O–H groups in total. The molecule has 1 aromatic rings. The summed E-state index contributed by atoms with van der Waals surface area (Å²) in [5, 5.41) is 17.1. The third-order valence-electron chi connectivity index (χ3n) is 3.25. The Balaban J connectivity index is 2.35. The van der Waals surface area contributed by atoms with Crippen LogP contribution < -0.4 is 0 Å². The second-order valence-electron chi connectivity index (χ2n) is 5.35. The zero-order valence-electron chi connectivity index (χ0n) is 14.7. The van der Waals surface area contributed by atoms with E-state index < -0.39 is 23.9 Å². The van der Waals surface area contributed by atoms with E-state index in [1.54, 1.807) is 0 Å². The van der Waals surface area contributed by atoms with Gasteiger partial charge in [-0.25, -0.2) is 9.59 Å². The van der Waals surface area contributed by atoms with Crippen LogP contribution in [-0.2, 0) is 23.8 Å². The van der Waals surface area contributed by atoms with Gasteiger partial charge in [-0.2, -0.15) is 0 Å².